The van der Waals surface area contributed by atoms with Crippen LogP contribution in [0.5, 0.6) is 0 Å². The molecule has 0 aromatic carbocycles. The molecule has 2 nitrogen and oxygen atoms in total. The lowest BCUT2D eigenvalue weighted by molar-refractivity contribution is -0.0119. The summed E-state index contributed by atoms with van der Waals surface area (Å²) in [5, 5.41) is 0. The summed E-state index contributed by atoms with van der Waals surface area (Å²) in [4.78, 5) is 0. The second kappa shape index (κ2) is 3.25. The number of hydrogen-bond donors (Lipinski definition) is 1. The summed E-state index contributed by atoms with van der Waals surface area (Å²) in [6.45, 7) is 0. The van der Waals surface area contributed by atoms with Gasteiger partial charge in [-0.25, -0.2) is 0 Å². The topological polar surface area (TPSA) is 35.2 Å². The normalized spacial score (nSPS) is 24.5. The zero-order valence-corrected chi connectivity index (χ0v) is 6.97. The quantitative estimate of drug-likeness (QED) is 0.598. The van der Waals surface area contributed by atoms with Gasteiger partial charge >= 0.3 is 0 Å². The van der Waals surface area contributed by atoms with Gasteiger partial charge in [0.05, 0.1) is 11.6 Å². The Balaban J connectivity index is 2.68. The third-order valence-electron chi connectivity index (χ3n) is 2.60. The molecular weight excluding hydrogens is 138 g/mol. The third kappa shape index (κ3) is 1.40. The van der Waals surface area contributed by atoms with E-state index >= 15 is 0 Å². The third-order valence-corrected chi connectivity index (χ3v) is 2.60. The van der Waals surface area contributed by atoms with Crippen molar-refractivity contribution in [3.63, 3.8) is 0 Å². The van der Waals surface area contributed by atoms with Crippen molar-refractivity contribution < 1.29 is 4.74 Å². The Kier molecular flexibility index (Phi) is 2.53. The fraction of sp³-hybridized carbons (Fsp3) is 0.778. The minimum Gasteiger partial charge on any atom is -0.376 e. The van der Waals surface area contributed by atoms with Gasteiger partial charge < -0.3 is 10.5 Å². The summed E-state index contributed by atoms with van der Waals surface area (Å²) in [5.74, 6) is 2.55. The second-order valence-corrected chi connectivity index (χ2v) is 3.12. The smallest absolute Gasteiger partial charge is 0.0956 e. The maximum absolute atomic E-state index is 5.76. The molecule has 1 aliphatic carbocycles. The average Bonchev–Trinajstić information content (AvgIpc) is 2.52. The molecule has 11 heavy (non-hydrogen) atoms. The molecule has 0 amide bonds. The Morgan fingerprint density at radius 2 is 2.09 bits per heavy atom. The average molecular weight is 153 g/mol. The predicted octanol–water partition coefficient (Wildman–Crippen LogP) is 0.906. The SMILES string of the molecule is C#CC(N)C1(OC)CCCC1. The maximum atomic E-state index is 5.76. The van der Waals surface area contributed by atoms with Crippen LogP contribution in [-0.2, 0) is 4.74 Å². The highest BCUT2D eigenvalue weighted by atomic mass is 16.5. The number of nitrogens with two attached hydrogens (primary N) is 1. The molecule has 1 fully saturated rings. The van der Waals surface area contributed by atoms with E-state index in [1.165, 1.54) is 12.8 Å². The van der Waals surface area contributed by atoms with Crippen molar-refractivity contribution in [1.82, 2.24) is 0 Å². The highest BCUT2D eigenvalue weighted by Gasteiger charge is 2.38. The van der Waals surface area contributed by atoms with E-state index in [1.54, 1.807) is 7.11 Å². The summed E-state index contributed by atoms with van der Waals surface area (Å²) in [7, 11) is 1.70. The van der Waals surface area contributed by atoms with Gasteiger partial charge in [-0.1, -0.05) is 18.8 Å². The number of rotatable bonds is 2. The van der Waals surface area contributed by atoms with Crippen LogP contribution < -0.4 is 5.73 Å². The van der Waals surface area contributed by atoms with E-state index in [0.717, 1.165) is 12.8 Å². The van der Waals surface area contributed by atoms with E-state index in [1.807, 2.05) is 0 Å². The Bertz CT molecular complexity index is 165. The molecule has 0 spiro atoms. The molecule has 62 valence electrons. The number of ether oxygens (including phenoxy) is 1. The maximum Gasteiger partial charge on any atom is 0.0956 e. The van der Waals surface area contributed by atoms with Gasteiger partial charge in [0.15, 0.2) is 0 Å². The highest BCUT2D eigenvalue weighted by molar-refractivity contribution is 5.10. The van der Waals surface area contributed by atoms with Crippen LogP contribution in [0.2, 0.25) is 0 Å². The summed E-state index contributed by atoms with van der Waals surface area (Å²) in [5.41, 5.74) is 5.55. The number of hydrogen-bond acceptors (Lipinski definition) is 2. The van der Waals surface area contributed by atoms with E-state index < -0.39 is 0 Å². The second-order valence-electron chi connectivity index (χ2n) is 3.12. The van der Waals surface area contributed by atoms with Crippen LogP contribution in [0.15, 0.2) is 0 Å². The van der Waals surface area contributed by atoms with Gasteiger partial charge in [-0.05, 0) is 12.8 Å². The predicted molar refractivity (Wildman–Crippen MR) is 45.0 cm³/mol. The number of terminal acetylenes is 1. The Morgan fingerprint density at radius 1 is 1.55 bits per heavy atom. The van der Waals surface area contributed by atoms with Crippen molar-refractivity contribution in [3.05, 3.63) is 0 Å². The molecule has 0 aromatic heterocycles. The van der Waals surface area contributed by atoms with Crippen molar-refractivity contribution in [2.45, 2.75) is 37.3 Å². The molecule has 1 aliphatic rings. The van der Waals surface area contributed by atoms with Gasteiger partial charge in [0, 0.05) is 7.11 Å². The molecule has 1 unspecified atom stereocenters. The molecule has 0 aromatic rings. The van der Waals surface area contributed by atoms with Gasteiger partial charge in [0.1, 0.15) is 0 Å². The summed E-state index contributed by atoms with van der Waals surface area (Å²) in [6, 6.07) is -0.241. The van der Waals surface area contributed by atoms with Gasteiger partial charge in [-0.15, -0.1) is 6.42 Å². The van der Waals surface area contributed by atoms with Crippen LogP contribution in [0.3, 0.4) is 0 Å². The molecule has 2 heteroatoms. The largest absolute Gasteiger partial charge is 0.376 e. The Hall–Kier alpha value is -0.520. The molecule has 0 saturated heterocycles. The molecule has 0 aliphatic heterocycles. The van der Waals surface area contributed by atoms with Gasteiger partial charge in [-0.3, -0.25) is 0 Å². The molecule has 0 heterocycles. The standard InChI is InChI=1S/C9H15NO/c1-3-8(10)9(11-2)6-4-5-7-9/h1,8H,4-7,10H2,2H3. The summed E-state index contributed by atoms with van der Waals surface area (Å²) in [6.07, 6.45) is 9.64. The van der Waals surface area contributed by atoms with E-state index in [9.17, 15) is 0 Å². The van der Waals surface area contributed by atoms with E-state index in [2.05, 4.69) is 5.92 Å². The van der Waals surface area contributed by atoms with Crippen LogP contribution >= 0.6 is 0 Å². The lowest BCUT2D eigenvalue weighted by Gasteiger charge is -2.30. The van der Waals surface area contributed by atoms with Gasteiger partial charge in [-0.2, -0.15) is 0 Å². The van der Waals surface area contributed by atoms with Crippen molar-refractivity contribution in [2.75, 3.05) is 7.11 Å². The summed E-state index contributed by atoms with van der Waals surface area (Å²) < 4.78 is 5.38. The van der Waals surface area contributed by atoms with Crippen LogP contribution in [0.25, 0.3) is 0 Å². The van der Waals surface area contributed by atoms with Crippen LogP contribution in [-0.4, -0.2) is 18.8 Å². The Labute approximate surface area is 68.1 Å². The lowest BCUT2D eigenvalue weighted by Crippen LogP contribution is -2.46. The molecule has 0 bridgehead atoms. The van der Waals surface area contributed by atoms with Crippen LogP contribution in [0, 0.1) is 12.3 Å². The molecule has 1 atom stereocenters. The van der Waals surface area contributed by atoms with E-state index in [4.69, 9.17) is 16.9 Å². The van der Waals surface area contributed by atoms with Crippen LogP contribution in [0.4, 0.5) is 0 Å². The first-order valence-corrected chi connectivity index (χ1v) is 4.02. The fourth-order valence-electron chi connectivity index (χ4n) is 1.77. The van der Waals surface area contributed by atoms with Crippen molar-refractivity contribution >= 4 is 0 Å². The highest BCUT2D eigenvalue weighted by Crippen LogP contribution is 2.34. The molecule has 1 rings (SSSR count). The van der Waals surface area contributed by atoms with Crippen molar-refractivity contribution in [1.29, 1.82) is 0 Å². The van der Waals surface area contributed by atoms with Crippen molar-refractivity contribution in [3.8, 4) is 12.3 Å². The van der Waals surface area contributed by atoms with Crippen molar-refractivity contribution in [2.24, 2.45) is 5.73 Å². The van der Waals surface area contributed by atoms with E-state index in [0.29, 0.717) is 0 Å². The summed E-state index contributed by atoms with van der Waals surface area (Å²) >= 11 is 0. The lowest BCUT2D eigenvalue weighted by atomic mass is 9.93. The Morgan fingerprint density at radius 3 is 2.45 bits per heavy atom. The van der Waals surface area contributed by atoms with E-state index in [-0.39, 0.29) is 11.6 Å². The first-order valence-electron chi connectivity index (χ1n) is 4.02. The number of methoxy groups -OCH3 is 1. The minimum absolute atomic E-state index is 0.214. The zero-order chi connectivity index (χ0) is 8.32. The van der Waals surface area contributed by atoms with Gasteiger partial charge in [0.2, 0.25) is 0 Å². The first kappa shape index (κ1) is 8.58. The minimum atomic E-state index is -0.241. The van der Waals surface area contributed by atoms with Crippen LogP contribution in [0.1, 0.15) is 25.7 Å². The first-order chi connectivity index (χ1) is 5.25. The zero-order valence-electron chi connectivity index (χ0n) is 6.97. The molecule has 0 radical (unpaired) electrons. The molecular formula is C9H15NO. The molecule has 1 saturated carbocycles. The molecule has 2 N–H and O–H groups in total. The fourth-order valence-corrected chi connectivity index (χ4v) is 1.77. The monoisotopic (exact) mass is 153 g/mol. The van der Waals surface area contributed by atoms with Gasteiger partial charge in [0.25, 0.3) is 0 Å².